The van der Waals surface area contributed by atoms with Gasteiger partial charge in [-0.05, 0) is 75.0 Å². The SMILES string of the molecule is Nc1cc(CN2CCC(C(=O)N3CCC(Nc4nc5ccccc5n4CCCC(F)(F)F)CC3)CC2)ccn1. The van der Waals surface area contributed by atoms with Gasteiger partial charge < -0.3 is 20.5 Å². The molecule has 0 bridgehead atoms. The average Bonchev–Trinajstić information content (AvgIpc) is 3.25. The maximum atomic E-state index is 13.3. The van der Waals surface area contributed by atoms with E-state index < -0.39 is 12.6 Å². The van der Waals surface area contributed by atoms with Crippen molar-refractivity contribution >= 4 is 28.7 Å². The van der Waals surface area contributed by atoms with Crippen molar-refractivity contribution in [1.82, 2.24) is 24.3 Å². The van der Waals surface area contributed by atoms with E-state index in [1.165, 1.54) is 0 Å². The number of hydrogen-bond acceptors (Lipinski definition) is 6. The summed E-state index contributed by atoms with van der Waals surface area (Å²) in [5.74, 6) is 1.41. The van der Waals surface area contributed by atoms with Gasteiger partial charge in [0.2, 0.25) is 11.9 Å². The van der Waals surface area contributed by atoms with Crippen molar-refractivity contribution in [3.8, 4) is 0 Å². The van der Waals surface area contributed by atoms with Gasteiger partial charge in [-0.1, -0.05) is 12.1 Å². The zero-order chi connectivity index (χ0) is 27.4. The second-order valence-corrected chi connectivity index (χ2v) is 10.7. The van der Waals surface area contributed by atoms with Gasteiger partial charge in [0.15, 0.2) is 0 Å². The number of fused-ring (bicyclic) bond motifs is 1. The van der Waals surface area contributed by atoms with E-state index in [-0.39, 0.29) is 30.8 Å². The number of amides is 1. The number of nitrogen functional groups attached to an aromatic ring is 1. The molecule has 0 radical (unpaired) electrons. The Hall–Kier alpha value is -3.34. The van der Waals surface area contributed by atoms with Gasteiger partial charge in [0.1, 0.15) is 5.82 Å². The van der Waals surface area contributed by atoms with Crippen molar-refractivity contribution in [3.63, 3.8) is 0 Å². The molecule has 0 spiro atoms. The number of para-hydroxylation sites is 2. The van der Waals surface area contributed by atoms with E-state index in [1.54, 1.807) is 6.20 Å². The molecule has 2 aromatic heterocycles. The van der Waals surface area contributed by atoms with E-state index in [9.17, 15) is 18.0 Å². The molecular weight excluding hydrogens is 507 g/mol. The van der Waals surface area contributed by atoms with Crippen molar-refractivity contribution in [2.75, 3.05) is 37.2 Å². The van der Waals surface area contributed by atoms with Crippen molar-refractivity contribution in [2.45, 2.75) is 63.8 Å². The van der Waals surface area contributed by atoms with Gasteiger partial charge in [0, 0.05) is 50.8 Å². The first-order valence-corrected chi connectivity index (χ1v) is 13.8. The third kappa shape index (κ3) is 7.00. The predicted molar refractivity (Wildman–Crippen MR) is 145 cm³/mol. The first-order chi connectivity index (χ1) is 18.7. The van der Waals surface area contributed by atoms with Crippen LogP contribution >= 0.6 is 0 Å². The number of pyridine rings is 1. The largest absolute Gasteiger partial charge is 0.389 e. The molecule has 210 valence electrons. The van der Waals surface area contributed by atoms with Crippen LogP contribution in [-0.2, 0) is 17.9 Å². The van der Waals surface area contributed by atoms with Crippen LogP contribution in [0.3, 0.4) is 0 Å². The topological polar surface area (TPSA) is 92.3 Å². The molecule has 1 amide bonds. The summed E-state index contributed by atoms with van der Waals surface area (Å²) in [6.07, 6.45) is -0.0203. The van der Waals surface area contributed by atoms with E-state index in [4.69, 9.17) is 5.73 Å². The zero-order valence-corrected chi connectivity index (χ0v) is 22.0. The van der Waals surface area contributed by atoms with Crippen LogP contribution in [0.5, 0.6) is 0 Å². The number of hydrogen-bond donors (Lipinski definition) is 2. The lowest BCUT2D eigenvalue weighted by Gasteiger charge is -2.37. The van der Waals surface area contributed by atoms with Crippen LogP contribution in [0, 0.1) is 5.92 Å². The number of rotatable bonds is 8. The molecule has 3 N–H and O–H groups in total. The molecule has 39 heavy (non-hydrogen) atoms. The van der Waals surface area contributed by atoms with E-state index in [0.717, 1.165) is 61.9 Å². The molecule has 2 aliphatic heterocycles. The fourth-order valence-corrected chi connectivity index (χ4v) is 5.72. The summed E-state index contributed by atoms with van der Waals surface area (Å²) in [4.78, 5) is 26.3. The molecule has 5 rings (SSSR count). The Morgan fingerprint density at radius 1 is 1.05 bits per heavy atom. The van der Waals surface area contributed by atoms with E-state index in [2.05, 4.69) is 20.2 Å². The number of anilines is 2. The van der Waals surface area contributed by atoms with E-state index in [0.29, 0.717) is 24.9 Å². The molecule has 0 unspecified atom stereocenters. The minimum Gasteiger partial charge on any atom is -0.384 e. The normalized spacial score (nSPS) is 18.1. The standard InChI is InChI=1S/C28H36F3N7O/c29-28(30,31)11-3-13-38-24-5-2-1-4-23(24)35-27(38)34-22-9-16-37(17-10-22)26(39)21-7-14-36(15-8-21)19-20-6-12-33-25(32)18-20/h1-2,4-6,12,18,21-22H,3,7-11,13-17,19H2,(H2,32,33)(H,34,35). The Morgan fingerprint density at radius 2 is 1.79 bits per heavy atom. The molecule has 3 aromatic rings. The Balaban J connectivity index is 1.12. The van der Waals surface area contributed by atoms with Gasteiger partial charge in [-0.2, -0.15) is 13.2 Å². The van der Waals surface area contributed by atoms with Crippen LogP contribution in [0.15, 0.2) is 42.6 Å². The molecule has 2 saturated heterocycles. The summed E-state index contributed by atoms with van der Waals surface area (Å²) in [6, 6.07) is 11.5. The second-order valence-electron chi connectivity index (χ2n) is 10.7. The van der Waals surface area contributed by atoms with Crippen LogP contribution in [0.1, 0.15) is 44.1 Å². The number of carbonyl (C=O) groups is 1. The summed E-state index contributed by atoms with van der Waals surface area (Å²) in [5, 5.41) is 3.47. The highest BCUT2D eigenvalue weighted by Gasteiger charge is 2.31. The monoisotopic (exact) mass is 543 g/mol. The summed E-state index contributed by atoms with van der Waals surface area (Å²) < 4.78 is 40.1. The molecule has 2 fully saturated rings. The van der Waals surface area contributed by atoms with Crippen molar-refractivity contribution in [3.05, 3.63) is 48.2 Å². The number of nitrogens with two attached hydrogens (primary N) is 1. The number of nitrogens with zero attached hydrogens (tertiary/aromatic N) is 5. The Kier molecular flexibility index (Phi) is 8.25. The molecule has 1 aromatic carbocycles. The highest BCUT2D eigenvalue weighted by atomic mass is 19.4. The van der Waals surface area contributed by atoms with E-state index >= 15 is 0 Å². The van der Waals surface area contributed by atoms with Crippen molar-refractivity contribution in [1.29, 1.82) is 0 Å². The Morgan fingerprint density at radius 3 is 2.51 bits per heavy atom. The number of nitrogens with one attached hydrogen (secondary N) is 1. The van der Waals surface area contributed by atoms with Gasteiger partial charge in [0.25, 0.3) is 0 Å². The van der Waals surface area contributed by atoms with Crippen LogP contribution < -0.4 is 11.1 Å². The maximum absolute atomic E-state index is 13.3. The smallest absolute Gasteiger partial charge is 0.384 e. The second kappa shape index (κ2) is 11.8. The fourth-order valence-electron chi connectivity index (χ4n) is 5.72. The first-order valence-electron chi connectivity index (χ1n) is 13.8. The lowest BCUT2D eigenvalue weighted by atomic mass is 9.93. The van der Waals surface area contributed by atoms with Crippen LogP contribution in [0.2, 0.25) is 0 Å². The lowest BCUT2D eigenvalue weighted by Crippen LogP contribution is -2.47. The summed E-state index contributed by atoms with van der Waals surface area (Å²) in [6.45, 7) is 4.14. The summed E-state index contributed by atoms with van der Waals surface area (Å²) in [5.41, 5.74) is 8.52. The number of piperidine rings is 2. The molecule has 0 atom stereocenters. The third-order valence-corrected chi connectivity index (χ3v) is 7.82. The summed E-state index contributed by atoms with van der Waals surface area (Å²) in [7, 11) is 0. The van der Waals surface area contributed by atoms with Gasteiger partial charge in [-0.25, -0.2) is 9.97 Å². The number of benzene rings is 1. The number of aromatic nitrogens is 3. The van der Waals surface area contributed by atoms with Gasteiger partial charge in [0.05, 0.1) is 11.0 Å². The van der Waals surface area contributed by atoms with Gasteiger partial charge >= 0.3 is 6.18 Å². The number of aryl methyl sites for hydroxylation is 1. The third-order valence-electron chi connectivity index (χ3n) is 7.82. The molecule has 0 aliphatic carbocycles. The Labute approximate surface area is 226 Å². The summed E-state index contributed by atoms with van der Waals surface area (Å²) >= 11 is 0. The Bertz CT molecular complexity index is 1260. The first kappa shape index (κ1) is 27.2. The number of alkyl halides is 3. The lowest BCUT2D eigenvalue weighted by molar-refractivity contribution is -0.138. The number of imidazole rings is 1. The zero-order valence-electron chi connectivity index (χ0n) is 22.0. The minimum absolute atomic E-state index is 0.000903. The van der Waals surface area contributed by atoms with Crippen LogP contribution in [-0.4, -0.2) is 68.6 Å². The predicted octanol–water partition coefficient (Wildman–Crippen LogP) is 4.67. The molecular formula is C28H36F3N7O. The average molecular weight is 544 g/mol. The van der Waals surface area contributed by atoms with Gasteiger partial charge in [-0.15, -0.1) is 0 Å². The molecule has 2 aliphatic rings. The highest BCUT2D eigenvalue weighted by Crippen LogP contribution is 2.27. The number of carbonyl (C=O) groups excluding carboxylic acids is 1. The number of likely N-dealkylation sites (tertiary alicyclic amines) is 2. The van der Waals surface area contributed by atoms with Crippen LogP contribution in [0.4, 0.5) is 24.9 Å². The van der Waals surface area contributed by atoms with Gasteiger partial charge in [-0.3, -0.25) is 9.69 Å². The van der Waals surface area contributed by atoms with Crippen molar-refractivity contribution < 1.29 is 18.0 Å². The maximum Gasteiger partial charge on any atom is 0.389 e. The van der Waals surface area contributed by atoms with E-state index in [1.807, 2.05) is 45.9 Å². The molecule has 11 heteroatoms. The molecule has 4 heterocycles. The van der Waals surface area contributed by atoms with Crippen molar-refractivity contribution in [2.24, 2.45) is 5.92 Å². The minimum atomic E-state index is -4.17. The van der Waals surface area contributed by atoms with Crippen LogP contribution in [0.25, 0.3) is 11.0 Å². The highest BCUT2D eigenvalue weighted by molar-refractivity contribution is 5.79. The molecule has 0 saturated carbocycles. The fraction of sp³-hybridized carbons (Fsp3) is 0.536. The number of halogens is 3. The quantitative estimate of drug-likeness (QED) is 0.429. The molecule has 8 nitrogen and oxygen atoms in total.